The quantitative estimate of drug-likeness (QED) is 0.911. The van der Waals surface area contributed by atoms with E-state index in [1.54, 1.807) is 25.1 Å². The Hall–Kier alpha value is -2.34. The molecule has 1 atom stereocenters. The van der Waals surface area contributed by atoms with Crippen molar-refractivity contribution < 1.29 is 13.2 Å². The monoisotopic (exact) mass is 358 g/mol. The van der Waals surface area contributed by atoms with Gasteiger partial charge in [-0.1, -0.05) is 18.2 Å². The molecule has 0 aliphatic carbocycles. The lowest BCUT2D eigenvalue weighted by Crippen LogP contribution is -2.36. The second-order valence-electron chi connectivity index (χ2n) is 6.36. The lowest BCUT2D eigenvalue weighted by Gasteiger charge is -2.23. The average Bonchev–Trinajstić information content (AvgIpc) is 2.92. The largest absolute Gasteiger partial charge is 0.322 e. The lowest BCUT2D eigenvalue weighted by molar-refractivity contribution is 0.102. The van der Waals surface area contributed by atoms with Gasteiger partial charge >= 0.3 is 0 Å². The van der Waals surface area contributed by atoms with Crippen LogP contribution in [-0.4, -0.2) is 26.1 Å². The van der Waals surface area contributed by atoms with Crippen molar-refractivity contribution in [2.75, 3.05) is 15.4 Å². The van der Waals surface area contributed by atoms with Crippen molar-refractivity contribution in [1.82, 2.24) is 0 Å². The Morgan fingerprint density at radius 2 is 1.96 bits per heavy atom. The van der Waals surface area contributed by atoms with Gasteiger partial charge in [0.2, 0.25) is 10.0 Å². The number of rotatable bonds is 4. The maximum absolute atomic E-state index is 12.5. The predicted molar refractivity (Wildman–Crippen MR) is 101 cm³/mol. The zero-order chi connectivity index (χ0) is 18.2. The summed E-state index contributed by atoms with van der Waals surface area (Å²) in [5, 5.41) is 2.91. The van der Waals surface area contributed by atoms with Crippen LogP contribution in [0.15, 0.2) is 42.5 Å². The maximum atomic E-state index is 12.5. The van der Waals surface area contributed by atoms with Crippen LogP contribution >= 0.6 is 0 Å². The average molecular weight is 358 g/mol. The first kappa shape index (κ1) is 17.5. The van der Waals surface area contributed by atoms with E-state index in [0.29, 0.717) is 17.7 Å². The highest BCUT2D eigenvalue weighted by molar-refractivity contribution is 7.92. The van der Waals surface area contributed by atoms with Gasteiger partial charge in [0.25, 0.3) is 5.91 Å². The predicted octanol–water partition coefficient (Wildman–Crippen LogP) is 3.35. The summed E-state index contributed by atoms with van der Waals surface area (Å²) in [7, 11) is -3.31. The number of nitrogens with zero attached hydrogens (tertiary/aromatic N) is 1. The van der Waals surface area contributed by atoms with Crippen molar-refractivity contribution in [2.45, 2.75) is 33.2 Å². The number of sulfonamides is 1. The molecule has 0 unspecified atom stereocenters. The van der Waals surface area contributed by atoms with Crippen molar-refractivity contribution >= 4 is 27.3 Å². The highest BCUT2D eigenvalue weighted by Crippen LogP contribution is 2.35. The molecule has 25 heavy (non-hydrogen) atoms. The molecule has 2 aromatic carbocycles. The van der Waals surface area contributed by atoms with Gasteiger partial charge in [-0.3, -0.25) is 9.10 Å². The molecular weight excluding hydrogens is 336 g/mol. The first-order valence-electron chi connectivity index (χ1n) is 8.35. The highest BCUT2D eigenvalue weighted by Gasteiger charge is 2.34. The number of fused-ring (bicyclic) bond motifs is 1. The van der Waals surface area contributed by atoms with Crippen molar-refractivity contribution in [3.8, 4) is 0 Å². The minimum atomic E-state index is -3.31. The Bertz CT molecular complexity index is 922. The number of para-hydroxylation sites is 1. The van der Waals surface area contributed by atoms with Crippen LogP contribution in [0.3, 0.4) is 0 Å². The van der Waals surface area contributed by atoms with Gasteiger partial charge in [-0.25, -0.2) is 8.42 Å². The molecule has 2 aromatic rings. The highest BCUT2D eigenvalue weighted by atomic mass is 32.2. The molecule has 1 amide bonds. The maximum Gasteiger partial charge on any atom is 0.255 e. The SMILES string of the molecule is CCS(=O)(=O)N1c2ccc(C(=O)Nc3ccccc3C)cc2C[C@@H]1C. The summed E-state index contributed by atoms with van der Waals surface area (Å²) in [6, 6.07) is 12.7. The normalized spacial score (nSPS) is 16.6. The number of benzene rings is 2. The van der Waals surface area contributed by atoms with E-state index in [4.69, 9.17) is 0 Å². The molecule has 6 heteroatoms. The van der Waals surface area contributed by atoms with Crippen molar-refractivity contribution in [1.29, 1.82) is 0 Å². The van der Waals surface area contributed by atoms with E-state index in [9.17, 15) is 13.2 Å². The van der Waals surface area contributed by atoms with Gasteiger partial charge in [-0.05, 0) is 62.6 Å². The molecule has 0 saturated carbocycles. The van der Waals surface area contributed by atoms with Crippen LogP contribution < -0.4 is 9.62 Å². The van der Waals surface area contributed by atoms with Gasteiger partial charge in [0.1, 0.15) is 0 Å². The summed E-state index contributed by atoms with van der Waals surface area (Å²) in [4.78, 5) is 12.5. The second-order valence-corrected chi connectivity index (χ2v) is 8.50. The van der Waals surface area contributed by atoms with E-state index in [2.05, 4.69) is 5.32 Å². The fourth-order valence-corrected chi connectivity index (χ4v) is 4.59. The van der Waals surface area contributed by atoms with Crippen LogP contribution in [-0.2, 0) is 16.4 Å². The zero-order valence-corrected chi connectivity index (χ0v) is 15.4. The summed E-state index contributed by atoms with van der Waals surface area (Å²) in [5.74, 6) is -0.131. The molecule has 0 bridgehead atoms. The van der Waals surface area contributed by atoms with E-state index in [0.717, 1.165) is 16.8 Å². The number of amides is 1. The minimum absolute atomic E-state index is 0.0618. The number of hydrogen-bond donors (Lipinski definition) is 1. The van der Waals surface area contributed by atoms with Crippen molar-refractivity contribution in [2.24, 2.45) is 0 Å². The molecule has 1 N–H and O–H groups in total. The van der Waals surface area contributed by atoms with Gasteiger partial charge in [0, 0.05) is 17.3 Å². The van der Waals surface area contributed by atoms with Gasteiger partial charge in [0.05, 0.1) is 11.4 Å². The summed E-state index contributed by atoms with van der Waals surface area (Å²) < 4.78 is 26.1. The number of nitrogens with one attached hydrogen (secondary N) is 1. The third-order valence-electron chi connectivity index (χ3n) is 4.55. The Kier molecular flexibility index (Phi) is 4.56. The molecule has 0 aromatic heterocycles. The molecule has 0 fully saturated rings. The molecule has 1 aliphatic rings. The van der Waals surface area contributed by atoms with Crippen LogP contribution in [0.5, 0.6) is 0 Å². The molecule has 0 saturated heterocycles. The molecule has 1 aliphatic heterocycles. The van der Waals surface area contributed by atoms with Gasteiger partial charge in [-0.15, -0.1) is 0 Å². The summed E-state index contributed by atoms with van der Waals surface area (Å²) >= 11 is 0. The first-order valence-corrected chi connectivity index (χ1v) is 9.96. The number of aryl methyl sites for hydroxylation is 1. The number of carbonyl (C=O) groups is 1. The Labute approximate surface area is 148 Å². The number of anilines is 2. The Balaban J connectivity index is 1.89. The second kappa shape index (κ2) is 6.52. The smallest absolute Gasteiger partial charge is 0.255 e. The Morgan fingerprint density at radius 3 is 2.64 bits per heavy atom. The standard InChI is InChI=1S/C19H22N2O3S/c1-4-25(23,24)21-14(3)11-16-12-15(9-10-18(16)21)19(22)20-17-8-6-5-7-13(17)2/h5-10,12,14H,4,11H2,1-3H3,(H,20,22)/t14-/m0/s1. The molecule has 3 rings (SSSR count). The van der Waals surface area contributed by atoms with Gasteiger partial charge in [0.15, 0.2) is 0 Å². The van der Waals surface area contributed by atoms with Crippen LogP contribution in [0.25, 0.3) is 0 Å². The molecule has 0 spiro atoms. The fourth-order valence-electron chi connectivity index (χ4n) is 3.21. The fraction of sp³-hybridized carbons (Fsp3) is 0.316. The first-order chi connectivity index (χ1) is 11.8. The van der Waals surface area contributed by atoms with Crippen LogP contribution in [0.2, 0.25) is 0 Å². The topological polar surface area (TPSA) is 66.5 Å². The Morgan fingerprint density at radius 1 is 1.24 bits per heavy atom. The van der Waals surface area contributed by atoms with Crippen LogP contribution in [0, 0.1) is 6.92 Å². The summed E-state index contributed by atoms with van der Waals surface area (Å²) in [5.41, 5.74) is 3.87. The third kappa shape index (κ3) is 3.26. The van der Waals surface area contributed by atoms with E-state index in [1.807, 2.05) is 38.1 Å². The molecule has 5 nitrogen and oxygen atoms in total. The van der Waals surface area contributed by atoms with E-state index in [1.165, 1.54) is 4.31 Å². The van der Waals surface area contributed by atoms with Crippen molar-refractivity contribution in [3.63, 3.8) is 0 Å². The molecule has 0 radical (unpaired) electrons. The molecule has 132 valence electrons. The molecular formula is C19H22N2O3S. The van der Waals surface area contributed by atoms with E-state index < -0.39 is 10.0 Å². The molecule has 1 heterocycles. The van der Waals surface area contributed by atoms with Crippen LogP contribution in [0.4, 0.5) is 11.4 Å². The summed E-state index contributed by atoms with van der Waals surface area (Å²) in [6.07, 6.45) is 0.611. The van der Waals surface area contributed by atoms with E-state index in [-0.39, 0.29) is 17.7 Å². The van der Waals surface area contributed by atoms with Crippen molar-refractivity contribution in [3.05, 3.63) is 59.2 Å². The van der Waals surface area contributed by atoms with E-state index >= 15 is 0 Å². The minimum Gasteiger partial charge on any atom is -0.322 e. The lowest BCUT2D eigenvalue weighted by atomic mass is 10.1. The number of carbonyl (C=O) groups excluding carboxylic acids is 1. The summed E-state index contributed by atoms with van der Waals surface area (Å²) in [6.45, 7) is 5.47. The zero-order valence-electron chi connectivity index (χ0n) is 14.6. The van der Waals surface area contributed by atoms with Gasteiger partial charge < -0.3 is 5.32 Å². The van der Waals surface area contributed by atoms with Crippen LogP contribution in [0.1, 0.15) is 35.3 Å². The third-order valence-corrected chi connectivity index (χ3v) is 6.44. The number of hydrogen-bond acceptors (Lipinski definition) is 3. The van der Waals surface area contributed by atoms with Gasteiger partial charge in [-0.2, -0.15) is 0 Å².